The molecule has 0 aliphatic carbocycles. The van der Waals surface area contributed by atoms with Gasteiger partial charge >= 0.3 is 12.3 Å². The van der Waals surface area contributed by atoms with E-state index < -0.39 is 12.3 Å². The molecule has 0 atom stereocenters. The lowest BCUT2D eigenvalue weighted by atomic mass is 10.2. The Morgan fingerprint density at radius 3 is 2.63 bits per heavy atom. The molecule has 9 heteroatoms. The van der Waals surface area contributed by atoms with Crippen molar-refractivity contribution in [2.75, 3.05) is 7.11 Å². The van der Waals surface area contributed by atoms with E-state index in [0.717, 1.165) is 0 Å². The van der Waals surface area contributed by atoms with Crippen molar-refractivity contribution in [1.82, 2.24) is 4.98 Å². The van der Waals surface area contributed by atoms with Crippen molar-refractivity contribution in [2.24, 2.45) is 0 Å². The molecular weight excluding hydrogens is 446 g/mol. The zero-order valence-electron chi connectivity index (χ0n) is 9.55. The lowest BCUT2D eigenvalue weighted by Gasteiger charge is -2.13. The van der Waals surface area contributed by atoms with E-state index in [0.29, 0.717) is 5.69 Å². The summed E-state index contributed by atoms with van der Waals surface area (Å²) in [4.78, 5) is 15.3. The van der Waals surface area contributed by atoms with Crippen LogP contribution in [0.3, 0.4) is 0 Å². The van der Waals surface area contributed by atoms with Crippen LogP contribution >= 0.6 is 38.5 Å². The van der Waals surface area contributed by atoms with Gasteiger partial charge in [-0.05, 0) is 22.6 Å². The van der Waals surface area contributed by atoms with Crippen LogP contribution in [0.4, 0.5) is 13.2 Å². The largest absolute Gasteiger partial charge is 0.573 e. The summed E-state index contributed by atoms with van der Waals surface area (Å²) in [6.07, 6.45) is -5.02. The van der Waals surface area contributed by atoms with Gasteiger partial charge in [0, 0.05) is 11.4 Å². The first-order valence-corrected chi connectivity index (χ1v) is 7.03. The monoisotopic (exact) mass is 453 g/mol. The van der Waals surface area contributed by atoms with Gasteiger partial charge in [-0.15, -0.1) is 13.2 Å². The van der Waals surface area contributed by atoms with Crippen LogP contribution in [0.2, 0.25) is 0 Å². The summed E-state index contributed by atoms with van der Waals surface area (Å²) >= 11 is 4.75. The van der Waals surface area contributed by atoms with Crippen LogP contribution in [0.5, 0.6) is 5.75 Å². The standard InChI is InChI=1S/C10H8BrF3INO3/c1-18-8(17)3-6-9(15)7(19-10(12,13)14)2-5(4-11)16-6/h2H,3-4H2,1H3. The Morgan fingerprint density at radius 1 is 1.53 bits per heavy atom. The van der Waals surface area contributed by atoms with Gasteiger partial charge in [-0.1, -0.05) is 15.9 Å². The molecule has 1 heterocycles. The van der Waals surface area contributed by atoms with Crippen LogP contribution in [0.15, 0.2) is 6.07 Å². The number of hydrogen-bond donors (Lipinski definition) is 0. The van der Waals surface area contributed by atoms with Crippen molar-refractivity contribution in [1.29, 1.82) is 0 Å². The highest BCUT2D eigenvalue weighted by Crippen LogP contribution is 2.30. The fraction of sp³-hybridized carbons (Fsp3) is 0.400. The van der Waals surface area contributed by atoms with Gasteiger partial charge in [0.05, 0.1) is 28.5 Å². The second-order valence-electron chi connectivity index (χ2n) is 3.31. The minimum Gasteiger partial charge on any atom is -0.469 e. The number of esters is 1. The van der Waals surface area contributed by atoms with Crippen molar-refractivity contribution in [2.45, 2.75) is 18.1 Å². The number of hydrogen-bond acceptors (Lipinski definition) is 4. The van der Waals surface area contributed by atoms with Gasteiger partial charge in [-0.3, -0.25) is 9.78 Å². The molecule has 106 valence electrons. The Balaban J connectivity index is 3.17. The molecule has 1 aromatic heterocycles. The van der Waals surface area contributed by atoms with Crippen molar-refractivity contribution < 1.29 is 27.4 Å². The van der Waals surface area contributed by atoms with E-state index in [2.05, 4.69) is 30.4 Å². The minimum atomic E-state index is -4.80. The quantitative estimate of drug-likeness (QED) is 0.399. The molecule has 0 N–H and O–H groups in total. The maximum absolute atomic E-state index is 12.3. The molecule has 0 radical (unpaired) electrons. The molecule has 0 spiro atoms. The Bertz CT molecular complexity index is 482. The molecule has 1 rings (SSSR count). The number of nitrogens with zero attached hydrogens (tertiary/aromatic N) is 1. The van der Waals surface area contributed by atoms with E-state index >= 15 is 0 Å². The summed E-state index contributed by atoms with van der Waals surface area (Å²) in [6.45, 7) is 0. The first kappa shape index (κ1) is 16.5. The molecule has 0 aromatic carbocycles. The number of ether oxygens (including phenoxy) is 2. The van der Waals surface area contributed by atoms with Crippen molar-refractivity contribution >= 4 is 44.5 Å². The zero-order valence-corrected chi connectivity index (χ0v) is 13.3. The van der Waals surface area contributed by atoms with Crippen molar-refractivity contribution in [3.63, 3.8) is 0 Å². The maximum Gasteiger partial charge on any atom is 0.573 e. The smallest absolute Gasteiger partial charge is 0.469 e. The highest BCUT2D eigenvalue weighted by Gasteiger charge is 2.33. The SMILES string of the molecule is COC(=O)Cc1nc(CBr)cc(OC(F)(F)F)c1I. The number of methoxy groups -OCH3 is 1. The Kier molecular flexibility index (Phi) is 5.83. The summed E-state index contributed by atoms with van der Waals surface area (Å²) in [5.41, 5.74) is 0.516. The molecule has 0 unspecified atom stereocenters. The Morgan fingerprint density at radius 2 is 2.16 bits per heavy atom. The summed E-state index contributed by atoms with van der Waals surface area (Å²) in [5, 5.41) is 0.242. The third-order valence-corrected chi connectivity index (χ3v) is 3.68. The van der Waals surface area contributed by atoms with E-state index in [1.165, 1.54) is 13.2 Å². The van der Waals surface area contributed by atoms with E-state index in [1.54, 1.807) is 22.6 Å². The molecule has 0 saturated carbocycles. The molecule has 0 amide bonds. The fourth-order valence-electron chi connectivity index (χ4n) is 1.21. The maximum atomic E-state index is 12.3. The molecule has 19 heavy (non-hydrogen) atoms. The topological polar surface area (TPSA) is 48.4 Å². The summed E-state index contributed by atoms with van der Waals surface area (Å²) in [5.74, 6) is -0.966. The predicted octanol–water partition coefficient (Wildman–Crippen LogP) is 3.20. The van der Waals surface area contributed by atoms with Gasteiger partial charge < -0.3 is 9.47 Å². The van der Waals surface area contributed by atoms with Gasteiger partial charge in [0.2, 0.25) is 0 Å². The molecular formula is C10H8BrF3INO3. The first-order valence-electron chi connectivity index (χ1n) is 4.83. The van der Waals surface area contributed by atoms with E-state index in [-0.39, 0.29) is 26.8 Å². The normalized spacial score (nSPS) is 11.3. The van der Waals surface area contributed by atoms with Crippen molar-refractivity contribution in [3.8, 4) is 5.75 Å². The Labute approximate surface area is 128 Å². The van der Waals surface area contributed by atoms with Gasteiger partial charge in [0.15, 0.2) is 0 Å². The third kappa shape index (κ3) is 5.13. The predicted molar refractivity (Wildman–Crippen MR) is 72.0 cm³/mol. The van der Waals surface area contributed by atoms with Crippen LogP contribution < -0.4 is 4.74 Å². The number of alkyl halides is 4. The Hall–Kier alpha value is -0.580. The van der Waals surface area contributed by atoms with Crippen LogP contribution in [-0.4, -0.2) is 24.4 Å². The van der Waals surface area contributed by atoms with Crippen LogP contribution in [0.1, 0.15) is 11.4 Å². The average molecular weight is 454 g/mol. The number of rotatable bonds is 4. The number of carbonyl (C=O) groups excluding carboxylic acids is 1. The number of halogens is 5. The lowest BCUT2D eigenvalue weighted by Crippen LogP contribution is -2.19. The fourth-order valence-corrected chi connectivity index (χ4v) is 2.07. The second-order valence-corrected chi connectivity index (χ2v) is 4.95. The lowest BCUT2D eigenvalue weighted by molar-refractivity contribution is -0.275. The number of pyridine rings is 1. The minimum absolute atomic E-state index is 0.130. The highest BCUT2D eigenvalue weighted by atomic mass is 127. The van der Waals surface area contributed by atoms with E-state index in [9.17, 15) is 18.0 Å². The first-order chi connectivity index (χ1) is 8.76. The summed E-state index contributed by atoms with van der Waals surface area (Å²) < 4.78 is 45.3. The molecule has 0 bridgehead atoms. The van der Waals surface area contributed by atoms with Crippen LogP contribution in [0.25, 0.3) is 0 Å². The van der Waals surface area contributed by atoms with E-state index in [1.807, 2.05) is 0 Å². The highest BCUT2D eigenvalue weighted by molar-refractivity contribution is 14.1. The third-order valence-electron chi connectivity index (χ3n) is 1.95. The molecule has 4 nitrogen and oxygen atoms in total. The van der Waals surface area contributed by atoms with Crippen molar-refractivity contribution in [3.05, 3.63) is 21.0 Å². The van der Waals surface area contributed by atoms with Gasteiger partial charge in [-0.2, -0.15) is 0 Å². The molecule has 0 fully saturated rings. The van der Waals surface area contributed by atoms with Gasteiger partial charge in [0.25, 0.3) is 0 Å². The second kappa shape index (κ2) is 6.73. The van der Waals surface area contributed by atoms with Gasteiger partial charge in [0.1, 0.15) is 5.75 Å². The van der Waals surface area contributed by atoms with E-state index in [4.69, 9.17) is 0 Å². The summed E-state index contributed by atoms with van der Waals surface area (Å²) in [7, 11) is 1.19. The average Bonchev–Trinajstić information content (AvgIpc) is 2.32. The summed E-state index contributed by atoms with van der Waals surface area (Å²) in [6, 6.07) is 1.17. The van der Waals surface area contributed by atoms with Crippen LogP contribution in [-0.2, 0) is 21.3 Å². The zero-order chi connectivity index (χ0) is 14.6. The molecule has 1 aromatic rings. The molecule has 0 aliphatic rings. The number of aromatic nitrogens is 1. The van der Waals surface area contributed by atoms with Crippen LogP contribution in [0, 0.1) is 3.57 Å². The molecule has 0 aliphatic heterocycles. The number of carbonyl (C=O) groups is 1. The molecule has 0 saturated heterocycles. The van der Waals surface area contributed by atoms with Gasteiger partial charge in [-0.25, -0.2) is 0 Å².